The van der Waals surface area contributed by atoms with Crippen LogP contribution in [-0.4, -0.2) is 24.4 Å². The number of ether oxygens (including phenoxy) is 1. The first-order valence-electron chi connectivity index (χ1n) is 7.82. The van der Waals surface area contributed by atoms with Crippen molar-refractivity contribution >= 4 is 34.1 Å². The van der Waals surface area contributed by atoms with Gasteiger partial charge in [0.1, 0.15) is 5.00 Å². The van der Waals surface area contributed by atoms with E-state index >= 15 is 0 Å². The van der Waals surface area contributed by atoms with E-state index < -0.39 is 11.9 Å². The first-order valence-corrected chi connectivity index (χ1v) is 8.64. The maximum atomic E-state index is 12.1. The molecule has 0 saturated carbocycles. The Morgan fingerprint density at radius 2 is 1.87 bits per heavy atom. The van der Waals surface area contributed by atoms with Gasteiger partial charge >= 0.3 is 5.97 Å². The molecule has 3 N–H and O–H groups in total. The van der Waals surface area contributed by atoms with Crippen LogP contribution in [0.3, 0.4) is 0 Å². The summed E-state index contributed by atoms with van der Waals surface area (Å²) in [6.07, 6.45) is 4.35. The van der Waals surface area contributed by atoms with Gasteiger partial charge in [0.05, 0.1) is 17.0 Å². The molecule has 0 aliphatic heterocycles. The molecule has 1 aromatic heterocycles. The van der Waals surface area contributed by atoms with E-state index in [0.29, 0.717) is 17.0 Å². The van der Waals surface area contributed by atoms with Crippen LogP contribution in [0, 0.1) is 6.92 Å². The van der Waals surface area contributed by atoms with Gasteiger partial charge in [0.2, 0.25) is 5.91 Å². The van der Waals surface area contributed by atoms with Crippen LogP contribution < -0.4 is 11.1 Å². The average molecular weight is 340 g/mol. The largest absolute Gasteiger partial charge is 0.462 e. The predicted octanol–water partition coefficient (Wildman–Crippen LogP) is 3.24. The second kappa shape index (κ2) is 9.29. The molecule has 0 bridgehead atoms. The van der Waals surface area contributed by atoms with Gasteiger partial charge in [-0.05, 0) is 25.8 Å². The van der Waals surface area contributed by atoms with Gasteiger partial charge in [-0.3, -0.25) is 9.59 Å². The lowest BCUT2D eigenvalue weighted by molar-refractivity contribution is -0.116. The molecular formula is C16H24N2O4S. The van der Waals surface area contributed by atoms with Gasteiger partial charge in [0.25, 0.3) is 5.91 Å². The number of esters is 1. The van der Waals surface area contributed by atoms with E-state index in [1.165, 1.54) is 0 Å². The van der Waals surface area contributed by atoms with Crippen molar-refractivity contribution in [3.05, 3.63) is 16.0 Å². The van der Waals surface area contributed by atoms with Gasteiger partial charge < -0.3 is 15.8 Å². The third-order valence-electron chi connectivity index (χ3n) is 3.36. The van der Waals surface area contributed by atoms with Crippen LogP contribution in [-0.2, 0) is 9.53 Å². The van der Waals surface area contributed by atoms with Crippen LogP contribution in [0.15, 0.2) is 0 Å². The molecule has 0 radical (unpaired) electrons. The molecule has 23 heavy (non-hydrogen) atoms. The second-order valence-corrected chi connectivity index (χ2v) is 6.22. The highest BCUT2D eigenvalue weighted by Crippen LogP contribution is 2.33. The molecule has 1 rings (SSSR count). The molecule has 0 aliphatic carbocycles. The lowest BCUT2D eigenvalue weighted by Gasteiger charge is -2.07. The smallest absolute Gasteiger partial charge is 0.341 e. The van der Waals surface area contributed by atoms with Crippen molar-refractivity contribution in [2.45, 2.75) is 52.9 Å². The number of thiophene rings is 1. The maximum absolute atomic E-state index is 12.1. The summed E-state index contributed by atoms with van der Waals surface area (Å²) < 4.78 is 5.00. The summed E-state index contributed by atoms with van der Waals surface area (Å²) in [6.45, 7) is 5.64. The van der Waals surface area contributed by atoms with Crippen LogP contribution in [0.25, 0.3) is 0 Å². The number of amides is 2. The normalized spacial score (nSPS) is 10.4. The van der Waals surface area contributed by atoms with Crippen molar-refractivity contribution < 1.29 is 19.1 Å². The zero-order valence-electron chi connectivity index (χ0n) is 13.9. The van der Waals surface area contributed by atoms with Crippen molar-refractivity contribution in [1.82, 2.24) is 0 Å². The molecule has 0 aliphatic rings. The van der Waals surface area contributed by atoms with Crippen molar-refractivity contribution in [2.24, 2.45) is 5.73 Å². The van der Waals surface area contributed by atoms with Gasteiger partial charge in [0, 0.05) is 6.42 Å². The minimum absolute atomic E-state index is 0.177. The number of hydrogen-bond donors (Lipinski definition) is 2. The average Bonchev–Trinajstić information content (AvgIpc) is 2.80. The van der Waals surface area contributed by atoms with Crippen molar-refractivity contribution in [3.63, 3.8) is 0 Å². The first kappa shape index (κ1) is 19.2. The fourth-order valence-corrected chi connectivity index (χ4v) is 3.25. The third kappa shape index (κ3) is 5.35. The van der Waals surface area contributed by atoms with Gasteiger partial charge in [-0.25, -0.2) is 4.79 Å². The topological polar surface area (TPSA) is 98.5 Å². The van der Waals surface area contributed by atoms with E-state index in [2.05, 4.69) is 12.2 Å². The summed E-state index contributed by atoms with van der Waals surface area (Å²) in [7, 11) is 0. The number of carbonyl (C=O) groups excluding carboxylic acids is 3. The van der Waals surface area contributed by atoms with Crippen LogP contribution in [0.1, 0.15) is 71.5 Å². The van der Waals surface area contributed by atoms with Gasteiger partial charge in [-0.15, -0.1) is 11.3 Å². The van der Waals surface area contributed by atoms with Gasteiger partial charge in [-0.2, -0.15) is 0 Å². The molecule has 1 heterocycles. The van der Waals surface area contributed by atoms with Gasteiger partial charge in [-0.1, -0.05) is 26.2 Å². The molecular weight excluding hydrogens is 316 g/mol. The van der Waals surface area contributed by atoms with E-state index in [0.717, 1.165) is 37.0 Å². The number of anilines is 1. The van der Waals surface area contributed by atoms with Crippen LogP contribution in [0.2, 0.25) is 0 Å². The summed E-state index contributed by atoms with van der Waals surface area (Å²) in [4.78, 5) is 35.8. The van der Waals surface area contributed by atoms with E-state index in [9.17, 15) is 14.4 Å². The highest BCUT2D eigenvalue weighted by Gasteiger charge is 2.25. The summed E-state index contributed by atoms with van der Waals surface area (Å²) in [5, 5.41) is 3.04. The zero-order valence-corrected chi connectivity index (χ0v) is 14.7. The van der Waals surface area contributed by atoms with Crippen LogP contribution in [0.4, 0.5) is 5.00 Å². The number of primary amides is 1. The number of nitrogens with two attached hydrogens (primary N) is 1. The van der Waals surface area contributed by atoms with Crippen LogP contribution >= 0.6 is 11.3 Å². The Balaban J connectivity index is 2.91. The van der Waals surface area contributed by atoms with Crippen LogP contribution in [0.5, 0.6) is 0 Å². The quantitative estimate of drug-likeness (QED) is 0.532. The molecule has 0 spiro atoms. The Hall–Kier alpha value is -1.89. The van der Waals surface area contributed by atoms with E-state index in [4.69, 9.17) is 10.5 Å². The molecule has 7 heteroatoms. The molecule has 128 valence electrons. The molecule has 0 unspecified atom stereocenters. The summed E-state index contributed by atoms with van der Waals surface area (Å²) in [6, 6.07) is 0. The lowest BCUT2D eigenvalue weighted by Crippen LogP contribution is -2.14. The summed E-state index contributed by atoms with van der Waals surface area (Å²) >= 11 is 1.01. The Morgan fingerprint density at radius 1 is 1.17 bits per heavy atom. The highest BCUT2D eigenvalue weighted by molar-refractivity contribution is 7.18. The minimum atomic E-state index is -0.624. The minimum Gasteiger partial charge on any atom is -0.462 e. The Kier molecular flexibility index (Phi) is 7.74. The molecule has 6 nitrogen and oxygen atoms in total. The number of nitrogens with one attached hydrogen (secondary N) is 1. The highest BCUT2D eigenvalue weighted by atomic mass is 32.1. The monoisotopic (exact) mass is 340 g/mol. The Labute approximate surface area is 140 Å². The number of carbonyl (C=O) groups is 3. The number of hydrogen-bond acceptors (Lipinski definition) is 5. The molecule has 2 amide bonds. The Morgan fingerprint density at radius 3 is 2.43 bits per heavy atom. The Bertz CT molecular complexity index is 581. The lowest BCUT2D eigenvalue weighted by atomic mass is 10.1. The molecule has 0 atom stereocenters. The second-order valence-electron chi connectivity index (χ2n) is 5.20. The maximum Gasteiger partial charge on any atom is 0.341 e. The predicted molar refractivity (Wildman–Crippen MR) is 90.9 cm³/mol. The number of unbranched alkanes of at least 4 members (excludes halogenated alkanes) is 3. The van der Waals surface area contributed by atoms with Crippen molar-refractivity contribution in [3.8, 4) is 0 Å². The molecule has 0 aromatic carbocycles. The molecule has 0 saturated heterocycles. The fourth-order valence-electron chi connectivity index (χ4n) is 2.19. The van der Waals surface area contributed by atoms with E-state index in [1.807, 2.05) is 0 Å². The van der Waals surface area contributed by atoms with Crippen molar-refractivity contribution in [2.75, 3.05) is 11.9 Å². The summed E-state index contributed by atoms with van der Waals surface area (Å²) in [5.41, 5.74) is 5.98. The third-order valence-corrected chi connectivity index (χ3v) is 4.58. The van der Waals surface area contributed by atoms with Gasteiger partial charge in [0.15, 0.2) is 0 Å². The van der Waals surface area contributed by atoms with Crippen molar-refractivity contribution in [1.29, 1.82) is 0 Å². The SMILES string of the molecule is CCCCCCC(=O)Nc1sc(C(N)=O)c(C)c1C(=O)OCC. The standard InChI is InChI=1S/C16H24N2O4S/c1-4-6-7-8-9-11(19)18-15-12(16(21)22-5-2)10(3)13(23-15)14(17)20/h4-9H2,1-3H3,(H2,17,20)(H,18,19). The van der Waals surface area contributed by atoms with E-state index in [1.54, 1.807) is 13.8 Å². The zero-order chi connectivity index (χ0) is 17.4. The van der Waals surface area contributed by atoms with E-state index in [-0.39, 0.29) is 23.0 Å². The number of rotatable bonds is 9. The first-order chi connectivity index (χ1) is 10.9. The fraction of sp³-hybridized carbons (Fsp3) is 0.562. The summed E-state index contributed by atoms with van der Waals surface area (Å²) in [5.74, 6) is -1.36. The molecule has 1 aromatic rings. The molecule has 0 fully saturated rings.